The highest BCUT2D eigenvalue weighted by atomic mass is 19.4. The van der Waals surface area contributed by atoms with Crippen molar-refractivity contribution in [2.24, 2.45) is 0 Å². The lowest BCUT2D eigenvalue weighted by Crippen LogP contribution is -2.49. The van der Waals surface area contributed by atoms with Gasteiger partial charge < -0.3 is 9.80 Å². The molecule has 1 aliphatic heterocycles. The summed E-state index contributed by atoms with van der Waals surface area (Å²) < 4.78 is 41.1. The van der Waals surface area contributed by atoms with Crippen LogP contribution in [-0.4, -0.2) is 77.8 Å². The Morgan fingerprint density at radius 2 is 1.71 bits per heavy atom. The maximum Gasteiger partial charge on any atom is 0.416 e. The van der Waals surface area contributed by atoms with Crippen LogP contribution < -0.4 is 9.80 Å². The molecule has 1 saturated heterocycles. The number of benzene rings is 1. The second kappa shape index (κ2) is 10.5. The van der Waals surface area contributed by atoms with Crippen LogP contribution in [0.15, 0.2) is 30.5 Å². The molecule has 2 aromatic rings. The zero-order valence-electron chi connectivity index (χ0n) is 20.0. The molecule has 0 unspecified atom stereocenters. The molecule has 1 fully saturated rings. The van der Waals surface area contributed by atoms with Gasteiger partial charge in [0.05, 0.1) is 5.56 Å². The van der Waals surface area contributed by atoms with Crippen molar-refractivity contribution in [2.45, 2.75) is 33.5 Å². The van der Waals surface area contributed by atoms with Crippen LogP contribution >= 0.6 is 0 Å². The van der Waals surface area contributed by atoms with Crippen molar-refractivity contribution < 1.29 is 22.8 Å². The number of piperazine rings is 1. The van der Waals surface area contributed by atoms with Crippen molar-refractivity contribution >= 4 is 23.4 Å². The number of rotatable bonds is 6. The van der Waals surface area contributed by atoms with Gasteiger partial charge in [0, 0.05) is 77.7 Å². The molecule has 0 aliphatic carbocycles. The maximum absolute atomic E-state index is 13.3. The van der Waals surface area contributed by atoms with E-state index in [-0.39, 0.29) is 11.9 Å². The number of carbonyl (C=O) groups is 2. The lowest BCUT2D eigenvalue weighted by atomic mass is 10.1. The minimum absolute atomic E-state index is 0.182. The number of halogens is 3. The molecule has 1 aromatic heterocycles. The Morgan fingerprint density at radius 3 is 2.26 bits per heavy atom. The summed E-state index contributed by atoms with van der Waals surface area (Å²) in [5.74, 6) is 0.212. The monoisotopic (exact) mass is 480 g/mol. The first-order valence-electron chi connectivity index (χ1n) is 11.3. The number of amides is 2. The molecule has 2 heterocycles. The van der Waals surface area contributed by atoms with Crippen molar-refractivity contribution in [3.05, 3.63) is 41.6 Å². The van der Waals surface area contributed by atoms with Gasteiger partial charge in [-0.05, 0) is 31.5 Å². The SMILES string of the molecule is CCN(CC)c1cc(C(F)(F)F)ccc1CN1CCN(C(=O)n2ccc(N(C)C(C)=O)n2)CC1. The second-order valence-electron chi connectivity index (χ2n) is 8.26. The molecule has 0 bridgehead atoms. The molecule has 3 rings (SSSR count). The minimum Gasteiger partial charge on any atom is -0.372 e. The van der Waals surface area contributed by atoms with Gasteiger partial charge in [-0.2, -0.15) is 17.9 Å². The molecule has 0 radical (unpaired) electrons. The van der Waals surface area contributed by atoms with Crippen LogP contribution in [0.3, 0.4) is 0 Å². The Kier molecular flexibility index (Phi) is 7.86. The summed E-state index contributed by atoms with van der Waals surface area (Å²) in [5.41, 5.74) is 0.778. The molecular formula is C23H31F3N6O2. The average Bonchev–Trinajstić information content (AvgIpc) is 3.29. The highest BCUT2D eigenvalue weighted by molar-refractivity contribution is 5.90. The Morgan fingerprint density at radius 1 is 1.06 bits per heavy atom. The molecule has 1 aromatic carbocycles. The molecular weight excluding hydrogens is 449 g/mol. The van der Waals surface area contributed by atoms with Crippen LogP contribution in [0, 0.1) is 0 Å². The molecule has 34 heavy (non-hydrogen) atoms. The van der Waals surface area contributed by atoms with Gasteiger partial charge in [0.2, 0.25) is 5.91 Å². The molecule has 8 nitrogen and oxygen atoms in total. The summed E-state index contributed by atoms with van der Waals surface area (Å²) >= 11 is 0. The normalized spacial score (nSPS) is 14.9. The number of hydrogen-bond donors (Lipinski definition) is 0. The van der Waals surface area contributed by atoms with Gasteiger partial charge in [0.1, 0.15) is 0 Å². The minimum atomic E-state index is -4.39. The zero-order valence-corrected chi connectivity index (χ0v) is 20.0. The van der Waals surface area contributed by atoms with Gasteiger partial charge in [-0.3, -0.25) is 14.6 Å². The maximum atomic E-state index is 13.3. The number of alkyl halides is 3. The molecule has 0 N–H and O–H groups in total. The molecule has 1 aliphatic rings. The first-order chi connectivity index (χ1) is 16.0. The van der Waals surface area contributed by atoms with E-state index < -0.39 is 11.7 Å². The fourth-order valence-electron chi connectivity index (χ4n) is 3.98. The highest BCUT2D eigenvalue weighted by Crippen LogP contribution is 2.34. The molecule has 0 atom stereocenters. The number of hydrogen-bond acceptors (Lipinski definition) is 5. The summed E-state index contributed by atoms with van der Waals surface area (Å²) in [5, 5.41) is 4.19. The van der Waals surface area contributed by atoms with Crippen molar-refractivity contribution in [2.75, 3.05) is 56.1 Å². The Balaban J connectivity index is 1.67. The average molecular weight is 481 g/mol. The quantitative estimate of drug-likeness (QED) is 0.633. The van der Waals surface area contributed by atoms with Gasteiger partial charge in [-0.25, -0.2) is 4.79 Å². The largest absolute Gasteiger partial charge is 0.416 e. The van der Waals surface area contributed by atoms with Gasteiger partial charge in [0.15, 0.2) is 5.82 Å². The molecule has 0 spiro atoms. The summed E-state index contributed by atoms with van der Waals surface area (Å²) in [4.78, 5) is 31.4. The topological polar surface area (TPSA) is 64.9 Å². The van der Waals surface area contributed by atoms with Crippen molar-refractivity contribution in [1.29, 1.82) is 0 Å². The summed E-state index contributed by atoms with van der Waals surface area (Å²) in [6, 6.07) is 5.26. The van der Waals surface area contributed by atoms with E-state index in [9.17, 15) is 22.8 Å². The van der Waals surface area contributed by atoms with Crippen molar-refractivity contribution in [3.8, 4) is 0 Å². The van der Waals surface area contributed by atoms with Crippen LogP contribution in [0.4, 0.5) is 29.5 Å². The van der Waals surface area contributed by atoms with Crippen molar-refractivity contribution in [1.82, 2.24) is 19.6 Å². The van der Waals surface area contributed by atoms with Gasteiger partial charge in [-0.15, -0.1) is 5.10 Å². The highest BCUT2D eigenvalue weighted by Gasteiger charge is 2.32. The van der Waals surface area contributed by atoms with E-state index in [2.05, 4.69) is 10.00 Å². The van der Waals surface area contributed by atoms with E-state index >= 15 is 0 Å². The standard InChI is InChI=1S/C23H31F3N6O2/c1-5-30(6-2)20-15-19(23(24,25)26)8-7-18(20)16-29-11-13-31(14-12-29)22(34)32-10-9-21(27-32)28(4)17(3)33/h7-10,15H,5-6,11-14,16H2,1-4H3. The van der Waals surface area contributed by atoms with Crippen LogP contribution in [0.1, 0.15) is 31.9 Å². The number of nitrogens with zero attached hydrogens (tertiary/aromatic N) is 6. The third-order valence-corrected chi connectivity index (χ3v) is 6.14. The Hall–Kier alpha value is -3.08. The van der Waals surface area contributed by atoms with Crippen molar-refractivity contribution in [3.63, 3.8) is 0 Å². The van der Waals surface area contributed by atoms with Crippen LogP contribution in [-0.2, 0) is 17.5 Å². The fourth-order valence-corrected chi connectivity index (χ4v) is 3.98. The zero-order chi connectivity index (χ0) is 25.0. The van der Waals surface area contributed by atoms with Gasteiger partial charge in [0.25, 0.3) is 0 Å². The number of carbonyl (C=O) groups excluding carboxylic acids is 2. The van der Waals surface area contributed by atoms with Gasteiger partial charge >= 0.3 is 12.2 Å². The third-order valence-electron chi connectivity index (χ3n) is 6.14. The van der Waals surface area contributed by atoms with E-state index in [0.717, 1.165) is 11.6 Å². The summed E-state index contributed by atoms with van der Waals surface area (Å²) in [6.45, 7) is 9.10. The van der Waals surface area contributed by atoms with Crippen LogP contribution in [0.25, 0.3) is 0 Å². The first-order valence-corrected chi connectivity index (χ1v) is 11.3. The molecule has 0 saturated carbocycles. The lowest BCUT2D eigenvalue weighted by molar-refractivity contribution is -0.137. The van der Waals surface area contributed by atoms with Crippen LogP contribution in [0.2, 0.25) is 0 Å². The molecule has 186 valence electrons. The third kappa shape index (κ3) is 5.69. The number of aromatic nitrogens is 2. The predicted octanol–water partition coefficient (Wildman–Crippen LogP) is 3.52. The Bertz CT molecular complexity index is 1010. The van der Waals surface area contributed by atoms with E-state index in [1.807, 2.05) is 18.7 Å². The summed E-state index contributed by atoms with van der Waals surface area (Å²) in [6.07, 6.45) is -2.86. The van der Waals surface area contributed by atoms with E-state index in [1.165, 1.54) is 28.8 Å². The predicted molar refractivity (Wildman–Crippen MR) is 124 cm³/mol. The smallest absolute Gasteiger partial charge is 0.372 e. The first kappa shape index (κ1) is 25.5. The lowest BCUT2D eigenvalue weighted by Gasteiger charge is -2.35. The molecule has 11 heteroatoms. The number of anilines is 2. The van der Waals surface area contributed by atoms with E-state index in [4.69, 9.17) is 0 Å². The van der Waals surface area contributed by atoms with E-state index in [1.54, 1.807) is 24.1 Å². The van der Waals surface area contributed by atoms with Crippen LogP contribution in [0.5, 0.6) is 0 Å². The fraction of sp³-hybridized carbons (Fsp3) is 0.522. The van der Waals surface area contributed by atoms with Gasteiger partial charge in [-0.1, -0.05) is 6.07 Å². The molecule has 2 amide bonds. The summed E-state index contributed by atoms with van der Waals surface area (Å²) in [7, 11) is 1.59. The second-order valence-corrected chi connectivity index (χ2v) is 8.26. The Labute approximate surface area is 197 Å². The van der Waals surface area contributed by atoms with E-state index in [0.29, 0.717) is 57.3 Å².